The van der Waals surface area contributed by atoms with Crippen molar-refractivity contribution in [3.05, 3.63) is 64.8 Å². The number of anilines is 1. The number of nitrogens with one attached hydrogen (secondary N) is 1. The summed E-state index contributed by atoms with van der Waals surface area (Å²) in [5.74, 6) is 2.09. The van der Waals surface area contributed by atoms with E-state index < -0.39 is 5.54 Å². The molecule has 3 N–H and O–H groups in total. The van der Waals surface area contributed by atoms with Crippen molar-refractivity contribution >= 4 is 23.5 Å². The molecule has 27 heavy (non-hydrogen) atoms. The predicted octanol–water partition coefficient (Wildman–Crippen LogP) is 3.57. The highest BCUT2D eigenvalue weighted by molar-refractivity contribution is 6.32. The van der Waals surface area contributed by atoms with Crippen LogP contribution in [0.25, 0.3) is 6.08 Å². The van der Waals surface area contributed by atoms with Crippen molar-refractivity contribution in [2.45, 2.75) is 24.9 Å². The lowest BCUT2D eigenvalue weighted by Gasteiger charge is -2.34. The van der Waals surface area contributed by atoms with Gasteiger partial charge in [-0.15, -0.1) is 6.58 Å². The predicted molar refractivity (Wildman–Crippen MR) is 108 cm³/mol. The lowest BCUT2D eigenvalue weighted by Crippen LogP contribution is -2.46. The third kappa shape index (κ3) is 3.91. The molecule has 1 aliphatic rings. The van der Waals surface area contributed by atoms with Crippen molar-refractivity contribution in [3.8, 4) is 5.75 Å². The van der Waals surface area contributed by atoms with Crippen molar-refractivity contribution < 1.29 is 9.47 Å². The summed E-state index contributed by atoms with van der Waals surface area (Å²) in [5, 5.41) is 3.93. The molecule has 2 aromatic rings. The van der Waals surface area contributed by atoms with E-state index in [-0.39, 0.29) is 0 Å². The fourth-order valence-electron chi connectivity index (χ4n) is 3.25. The standard InChI is InChI=1S/C20H23ClN4O2/c1-4-7-20(22)10-14-16(9-18(20)27-3)24-12-25-19(14)23-11-13-5-6-17(26-2)15(21)8-13/h4-6,8-9,12H,1,7,10-11,22H2,2-3H3,(H,23,24,25). The van der Waals surface area contributed by atoms with Crippen LogP contribution in [-0.4, -0.2) is 29.7 Å². The summed E-state index contributed by atoms with van der Waals surface area (Å²) < 4.78 is 10.7. The van der Waals surface area contributed by atoms with Gasteiger partial charge in [0.1, 0.15) is 23.7 Å². The van der Waals surface area contributed by atoms with E-state index in [4.69, 9.17) is 26.8 Å². The molecule has 0 saturated heterocycles. The Balaban J connectivity index is 1.86. The molecule has 1 aromatic heterocycles. The lowest BCUT2D eigenvalue weighted by molar-refractivity contribution is 0.221. The van der Waals surface area contributed by atoms with Gasteiger partial charge in [-0.1, -0.05) is 23.7 Å². The molecule has 0 saturated carbocycles. The maximum absolute atomic E-state index is 6.59. The van der Waals surface area contributed by atoms with Crippen molar-refractivity contribution in [2.24, 2.45) is 5.73 Å². The Morgan fingerprint density at radius 1 is 1.33 bits per heavy atom. The fourth-order valence-corrected chi connectivity index (χ4v) is 3.53. The molecule has 0 bridgehead atoms. The van der Waals surface area contributed by atoms with Gasteiger partial charge in [0.05, 0.1) is 30.5 Å². The molecule has 7 heteroatoms. The Labute approximate surface area is 164 Å². The number of aromatic nitrogens is 2. The SMILES string of the molecule is C=CCC1(N)Cc2c(ncnc2NCc2ccc(OC)c(Cl)c2)C=C1OC. The highest BCUT2D eigenvalue weighted by atomic mass is 35.5. The lowest BCUT2D eigenvalue weighted by atomic mass is 9.81. The number of nitrogens with two attached hydrogens (primary N) is 1. The molecule has 6 nitrogen and oxygen atoms in total. The smallest absolute Gasteiger partial charge is 0.137 e. The van der Waals surface area contributed by atoms with Crippen LogP contribution >= 0.6 is 11.6 Å². The van der Waals surface area contributed by atoms with E-state index in [9.17, 15) is 0 Å². The third-order valence-corrected chi connectivity index (χ3v) is 4.93. The molecule has 0 spiro atoms. The molecule has 0 radical (unpaired) electrons. The van der Waals surface area contributed by atoms with E-state index >= 15 is 0 Å². The second-order valence-corrected chi connectivity index (χ2v) is 6.85. The minimum absolute atomic E-state index is 0.556. The van der Waals surface area contributed by atoms with Gasteiger partial charge < -0.3 is 20.5 Å². The van der Waals surface area contributed by atoms with Gasteiger partial charge >= 0.3 is 0 Å². The quantitative estimate of drug-likeness (QED) is 0.708. The normalized spacial score (nSPS) is 18.3. The summed E-state index contributed by atoms with van der Waals surface area (Å²) in [6, 6.07) is 5.67. The van der Waals surface area contributed by atoms with Crippen LogP contribution in [0.3, 0.4) is 0 Å². The van der Waals surface area contributed by atoms with Crippen molar-refractivity contribution in [2.75, 3.05) is 19.5 Å². The van der Waals surface area contributed by atoms with E-state index in [2.05, 4.69) is 21.9 Å². The van der Waals surface area contributed by atoms with Crippen LogP contribution in [0.5, 0.6) is 5.75 Å². The summed E-state index contributed by atoms with van der Waals surface area (Å²) in [6.45, 7) is 4.38. The van der Waals surface area contributed by atoms with Gasteiger partial charge in [-0.3, -0.25) is 0 Å². The monoisotopic (exact) mass is 386 g/mol. The van der Waals surface area contributed by atoms with Gasteiger partial charge in [0.15, 0.2) is 0 Å². The summed E-state index contributed by atoms with van der Waals surface area (Å²) in [7, 11) is 3.21. The zero-order valence-electron chi connectivity index (χ0n) is 15.5. The minimum Gasteiger partial charge on any atom is -0.499 e. The zero-order chi connectivity index (χ0) is 19.4. The number of hydrogen-bond acceptors (Lipinski definition) is 6. The molecule has 0 aliphatic heterocycles. The highest BCUT2D eigenvalue weighted by Crippen LogP contribution is 2.35. The molecule has 1 atom stereocenters. The number of fused-ring (bicyclic) bond motifs is 1. The second-order valence-electron chi connectivity index (χ2n) is 6.45. The zero-order valence-corrected chi connectivity index (χ0v) is 16.2. The van der Waals surface area contributed by atoms with Crippen LogP contribution in [0, 0.1) is 0 Å². The maximum Gasteiger partial charge on any atom is 0.137 e. The number of methoxy groups -OCH3 is 2. The first-order valence-electron chi connectivity index (χ1n) is 8.57. The Kier molecular flexibility index (Phi) is 5.68. The van der Waals surface area contributed by atoms with Crippen molar-refractivity contribution in [1.82, 2.24) is 9.97 Å². The number of hydrogen-bond donors (Lipinski definition) is 2. The van der Waals surface area contributed by atoms with Crippen LogP contribution in [0.1, 0.15) is 23.2 Å². The van der Waals surface area contributed by atoms with Gasteiger partial charge in [0, 0.05) is 24.6 Å². The van der Waals surface area contributed by atoms with Crippen LogP contribution in [0.15, 0.2) is 42.9 Å². The van der Waals surface area contributed by atoms with Crippen LogP contribution in [-0.2, 0) is 17.7 Å². The Morgan fingerprint density at radius 3 is 2.81 bits per heavy atom. The Hall–Kier alpha value is -2.57. The molecule has 1 unspecified atom stereocenters. The van der Waals surface area contributed by atoms with E-state index in [0.717, 1.165) is 22.6 Å². The summed E-state index contributed by atoms with van der Waals surface area (Å²) >= 11 is 6.20. The van der Waals surface area contributed by atoms with Gasteiger partial charge in [0.25, 0.3) is 0 Å². The van der Waals surface area contributed by atoms with Gasteiger partial charge in [-0.25, -0.2) is 9.97 Å². The summed E-state index contributed by atoms with van der Waals surface area (Å²) in [5.41, 5.74) is 8.71. The fraction of sp³-hybridized carbons (Fsp3) is 0.300. The number of rotatable bonds is 7. The average molecular weight is 387 g/mol. The first kappa shape index (κ1) is 19.2. The first-order valence-corrected chi connectivity index (χ1v) is 8.94. The average Bonchev–Trinajstić information content (AvgIpc) is 2.66. The molecular weight excluding hydrogens is 364 g/mol. The van der Waals surface area contributed by atoms with Crippen molar-refractivity contribution in [1.29, 1.82) is 0 Å². The van der Waals surface area contributed by atoms with E-state index in [1.54, 1.807) is 20.3 Å². The van der Waals surface area contributed by atoms with Crippen LogP contribution in [0.4, 0.5) is 5.82 Å². The van der Waals surface area contributed by atoms with Crippen LogP contribution in [0.2, 0.25) is 5.02 Å². The number of benzene rings is 1. The maximum atomic E-state index is 6.59. The van der Waals surface area contributed by atoms with Crippen LogP contribution < -0.4 is 15.8 Å². The molecular formula is C20H23ClN4O2. The molecule has 3 rings (SSSR count). The van der Waals surface area contributed by atoms with E-state index in [1.807, 2.05) is 24.3 Å². The molecule has 0 fully saturated rings. The highest BCUT2D eigenvalue weighted by Gasteiger charge is 2.36. The summed E-state index contributed by atoms with van der Waals surface area (Å²) in [6.07, 6.45) is 6.35. The topological polar surface area (TPSA) is 82.3 Å². The number of nitrogens with zero attached hydrogens (tertiary/aromatic N) is 2. The van der Waals surface area contributed by atoms with Gasteiger partial charge in [0.2, 0.25) is 0 Å². The number of ether oxygens (including phenoxy) is 2. The Bertz CT molecular complexity index is 884. The molecule has 1 heterocycles. The van der Waals surface area contributed by atoms with E-state index in [0.29, 0.717) is 35.9 Å². The van der Waals surface area contributed by atoms with Gasteiger partial charge in [-0.2, -0.15) is 0 Å². The minimum atomic E-state index is -0.659. The molecule has 1 aromatic carbocycles. The first-order chi connectivity index (χ1) is 13.0. The number of halogens is 1. The largest absolute Gasteiger partial charge is 0.499 e. The molecule has 142 valence electrons. The van der Waals surface area contributed by atoms with Crippen molar-refractivity contribution in [3.63, 3.8) is 0 Å². The summed E-state index contributed by atoms with van der Waals surface area (Å²) in [4.78, 5) is 8.78. The molecule has 1 aliphatic carbocycles. The Morgan fingerprint density at radius 2 is 2.15 bits per heavy atom. The molecule has 0 amide bonds. The van der Waals surface area contributed by atoms with E-state index in [1.165, 1.54) is 6.33 Å². The second kappa shape index (κ2) is 7.98. The van der Waals surface area contributed by atoms with Gasteiger partial charge in [-0.05, 0) is 24.1 Å². The third-order valence-electron chi connectivity index (χ3n) is 4.63.